The minimum atomic E-state index is -0.426. The summed E-state index contributed by atoms with van der Waals surface area (Å²) < 4.78 is 34.6. The molecule has 1 unspecified atom stereocenters. The highest BCUT2D eigenvalue weighted by molar-refractivity contribution is 6.04. The van der Waals surface area contributed by atoms with Gasteiger partial charge in [-0.15, -0.1) is 0 Å². The SMILES string of the molecule is O=C(OCc1ccccc1)C1CCc2c(c3cc(F)ccc3n2C(=O)c2ccc(F)cc2)C1. The van der Waals surface area contributed by atoms with Crippen molar-refractivity contribution in [2.75, 3.05) is 0 Å². The highest BCUT2D eigenvalue weighted by Crippen LogP contribution is 2.36. The summed E-state index contributed by atoms with van der Waals surface area (Å²) in [6.45, 7) is 0.197. The summed E-state index contributed by atoms with van der Waals surface area (Å²) in [6.07, 6.45) is 1.37. The van der Waals surface area contributed by atoms with Crippen molar-refractivity contribution in [1.82, 2.24) is 4.57 Å². The number of carbonyl (C=O) groups excluding carboxylic acids is 2. The zero-order valence-corrected chi connectivity index (χ0v) is 17.8. The molecule has 0 N–H and O–H groups in total. The molecule has 0 aliphatic heterocycles. The minimum Gasteiger partial charge on any atom is -0.461 e. The predicted octanol–water partition coefficient (Wildman–Crippen LogP) is 5.46. The number of rotatable bonds is 4. The predicted molar refractivity (Wildman–Crippen MR) is 120 cm³/mol. The number of fused-ring (bicyclic) bond motifs is 3. The van der Waals surface area contributed by atoms with Gasteiger partial charge in [-0.05, 0) is 72.9 Å². The van der Waals surface area contributed by atoms with Crippen LogP contribution in [0, 0.1) is 17.6 Å². The molecule has 0 bridgehead atoms. The molecule has 1 atom stereocenters. The molecule has 5 rings (SSSR count). The van der Waals surface area contributed by atoms with E-state index in [0.717, 1.165) is 16.8 Å². The third-order valence-corrected chi connectivity index (χ3v) is 6.17. The molecule has 1 aliphatic rings. The molecule has 0 saturated heterocycles. The smallest absolute Gasteiger partial charge is 0.309 e. The van der Waals surface area contributed by atoms with Crippen LogP contribution in [-0.4, -0.2) is 16.4 Å². The summed E-state index contributed by atoms with van der Waals surface area (Å²) in [7, 11) is 0. The number of halogens is 2. The lowest BCUT2D eigenvalue weighted by Crippen LogP contribution is -2.26. The van der Waals surface area contributed by atoms with E-state index in [1.807, 2.05) is 30.3 Å². The van der Waals surface area contributed by atoms with Gasteiger partial charge in [-0.3, -0.25) is 14.2 Å². The number of aromatic nitrogens is 1. The van der Waals surface area contributed by atoms with E-state index >= 15 is 0 Å². The van der Waals surface area contributed by atoms with Gasteiger partial charge in [0, 0.05) is 16.6 Å². The Balaban J connectivity index is 1.47. The van der Waals surface area contributed by atoms with Crippen molar-refractivity contribution in [2.24, 2.45) is 5.92 Å². The van der Waals surface area contributed by atoms with E-state index in [2.05, 4.69) is 0 Å². The quantitative estimate of drug-likeness (QED) is 0.392. The van der Waals surface area contributed by atoms with Crippen molar-refractivity contribution in [3.63, 3.8) is 0 Å². The van der Waals surface area contributed by atoms with Gasteiger partial charge in [-0.25, -0.2) is 8.78 Å². The van der Waals surface area contributed by atoms with E-state index in [0.29, 0.717) is 35.7 Å². The molecule has 33 heavy (non-hydrogen) atoms. The van der Waals surface area contributed by atoms with Crippen molar-refractivity contribution in [2.45, 2.75) is 25.9 Å². The molecule has 3 aromatic carbocycles. The number of esters is 1. The van der Waals surface area contributed by atoms with Crippen LogP contribution in [0.1, 0.15) is 33.6 Å². The standard InChI is InChI=1S/C27H21F2NO3/c28-20-9-6-18(7-10-20)26(31)30-24-12-8-19(27(32)33-16-17-4-2-1-3-5-17)14-22(24)23-15-21(29)11-13-25(23)30/h1-7,9-11,13,15,19H,8,12,14,16H2. The second kappa shape index (κ2) is 8.62. The summed E-state index contributed by atoms with van der Waals surface area (Å²) in [5.74, 6) is -1.82. The lowest BCUT2D eigenvalue weighted by molar-refractivity contribution is -0.150. The second-order valence-corrected chi connectivity index (χ2v) is 8.27. The first-order valence-corrected chi connectivity index (χ1v) is 10.8. The number of benzene rings is 3. The van der Waals surface area contributed by atoms with Gasteiger partial charge in [0.25, 0.3) is 5.91 Å². The Bertz CT molecular complexity index is 1340. The van der Waals surface area contributed by atoms with Crippen LogP contribution in [0.2, 0.25) is 0 Å². The maximum atomic E-state index is 14.1. The average molecular weight is 445 g/mol. The van der Waals surface area contributed by atoms with Crippen LogP contribution in [-0.2, 0) is 29.0 Å². The van der Waals surface area contributed by atoms with Gasteiger partial charge in [0.2, 0.25) is 0 Å². The van der Waals surface area contributed by atoms with Gasteiger partial charge in [-0.1, -0.05) is 30.3 Å². The van der Waals surface area contributed by atoms with Gasteiger partial charge in [-0.2, -0.15) is 0 Å². The fourth-order valence-electron chi connectivity index (χ4n) is 4.53. The van der Waals surface area contributed by atoms with Crippen LogP contribution in [0.3, 0.4) is 0 Å². The molecule has 0 amide bonds. The highest BCUT2D eigenvalue weighted by Gasteiger charge is 2.32. The first-order valence-electron chi connectivity index (χ1n) is 10.8. The first-order chi connectivity index (χ1) is 16.0. The molecule has 0 spiro atoms. The summed E-state index contributed by atoms with van der Waals surface area (Å²) in [5, 5.41) is 0.612. The Morgan fingerprint density at radius 3 is 2.42 bits per heavy atom. The van der Waals surface area contributed by atoms with Crippen LogP contribution in [0.4, 0.5) is 8.78 Å². The molecule has 0 fully saturated rings. The Morgan fingerprint density at radius 1 is 0.939 bits per heavy atom. The Labute approximate surface area is 189 Å². The molecular formula is C27H21F2NO3. The van der Waals surface area contributed by atoms with E-state index in [-0.39, 0.29) is 24.4 Å². The maximum Gasteiger partial charge on any atom is 0.309 e. The van der Waals surface area contributed by atoms with E-state index in [4.69, 9.17) is 4.74 Å². The Kier molecular flexibility index (Phi) is 5.50. The number of ether oxygens (including phenoxy) is 1. The van der Waals surface area contributed by atoms with E-state index < -0.39 is 11.6 Å². The first kappa shape index (κ1) is 21.1. The third kappa shape index (κ3) is 4.04. The van der Waals surface area contributed by atoms with Crippen LogP contribution in [0.5, 0.6) is 0 Å². The lowest BCUT2D eigenvalue weighted by Gasteiger charge is -2.22. The molecular weight excluding hydrogens is 424 g/mol. The molecule has 4 nitrogen and oxygen atoms in total. The number of carbonyl (C=O) groups is 2. The van der Waals surface area contributed by atoms with Crippen molar-refractivity contribution in [3.8, 4) is 0 Å². The van der Waals surface area contributed by atoms with E-state index in [1.54, 1.807) is 10.6 Å². The molecule has 0 radical (unpaired) electrons. The van der Waals surface area contributed by atoms with Gasteiger partial charge >= 0.3 is 5.97 Å². The minimum absolute atomic E-state index is 0.197. The van der Waals surface area contributed by atoms with Crippen molar-refractivity contribution in [1.29, 1.82) is 0 Å². The fraction of sp³-hybridized carbons (Fsp3) is 0.185. The van der Waals surface area contributed by atoms with Gasteiger partial charge < -0.3 is 4.74 Å². The Hall–Kier alpha value is -3.80. The lowest BCUT2D eigenvalue weighted by atomic mass is 9.86. The van der Waals surface area contributed by atoms with Crippen molar-refractivity contribution in [3.05, 3.63) is 107 Å². The number of hydrogen-bond acceptors (Lipinski definition) is 3. The fourth-order valence-corrected chi connectivity index (χ4v) is 4.53. The average Bonchev–Trinajstić information content (AvgIpc) is 3.16. The van der Waals surface area contributed by atoms with Gasteiger partial charge in [0.1, 0.15) is 18.2 Å². The van der Waals surface area contributed by atoms with Crippen molar-refractivity contribution >= 4 is 22.8 Å². The second-order valence-electron chi connectivity index (χ2n) is 8.27. The summed E-state index contributed by atoms with van der Waals surface area (Å²) >= 11 is 0. The van der Waals surface area contributed by atoms with Crippen LogP contribution in [0.15, 0.2) is 72.8 Å². The summed E-state index contributed by atoms with van der Waals surface area (Å²) in [5.41, 5.74) is 3.37. The van der Waals surface area contributed by atoms with Crippen LogP contribution < -0.4 is 0 Å². The van der Waals surface area contributed by atoms with Crippen molar-refractivity contribution < 1.29 is 23.1 Å². The molecule has 4 aromatic rings. The Morgan fingerprint density at radius 2 is 1.67 bits per heavy atom. The molecule has 0 saturated carbocycles. The number of nitrogens with zero attached hydrogens (tertiary/aromatic N) is 1. The number of hydrogen-bond donors (Lipinski definition) is 0. The van der Waals surface area contributed by atoms with E-state index in [9.17, 15) is 18.4 Å². The molecule has 1 aliphatic carbocycles. The van der Waals surface area contributed by atoms with Crippen LogP contribution in [0.25, 0.3) is 10.9 Å². The van der Waals surface area contributed by atoms with Gasteiger partial charge in [0.05, 0.1) is 11.4 Å². The van der Waals surface area contributed by atoms with Crippen LogP contribution >= 0.6 is 0 Å². The van der Waals surface area contributed by atoms with E-state index in [1.165, 1.54) is 36.4 Å². The molecule has 1 heterocycles. The van der Waals surface area contributed by atoms with Gasteiger partial charge in [0.15, 0.2) is 0 Å². The highest BCUT2D eigenvalue weighted by atomic mass is 19.1. The zero-order chi connectivity index (χ0) is 22.9. The molecule has 1 aromatic heterocycles. The monoisotopic (exact) mass is 445 g/mol. The third-order valence-electron chi connectivity index (χ3n) is 6.17. The largest absolute Gasteiger partial charge is 0.461 e. The zero-order valence-electron chi connectivity index (χ0n) is 17.8. The normalized spacial score (nSPS) is 15.3. The topological polar surface area (TPSA) is 48.3 Å². The summed E-state index contributed by atoms with van der Waals surface area (Å²) in [4.78, 5) is 26.1. The molecule has 6 heteroatoms. The maximum absolute atomic E-state index is 14.1. The summed E-state index contributed by atoms with van der Waals surface area (Å²) in [6, 6.07) is 19.1. The molecule has 166 valence electrons.